The van der Waals surface area contributed by atoms with Crippen molar-refractivity contribution in [3.63, 3.8) is 0 Å². The number of ether oxygens (including phenoxy) is 1. The number of methoxy groups -OCH3 is 1. The van der Waals surface area contributed by atoms with Crippen molar-refractivity contribution in [3.8, 4) is 11.4 Å². The van der Waals surface area contributed by atoms with E-state index in [0.717, 1.165) is 19.4 Å². The average Bonchev–Trinajstić information content (AvgIpc) is 3.33. The number of primary amides is 1. The second-order valence-electron chi connectivity index (χ2n) is 6.60. The van der Waals surface area contributed by atoms with Gasteiger partial charge in [-0.15, -0.1) is 0 Å². The van der Waals surface area contributed by atoms with Crippen LogP contribution in [0.25, 0.3) is 16.9 Å². The highest BCUT2D eigenvalue weighted by Gasteiger charge is 2.25. The van der Waals surface area contributed by atoms with Crippen molar-refractivity contribution in [2.75, 3.05) is 25.6 Å². The van der Waals surface area contributed by atoms with Crippen molar-refractivity contribution >= 4 is 23.0 Å². The van der Waals surface area contributed by atoms with E-state index in [-0.39, 0.29) is 23.0 Å². The normalized spacial score (nSPS) is 16.4. The van der Waals surface area contributed by atoms with Crippen molar-refractivity contribution in [2.24, 2.45) is 5.73 Å². The molecule has 4 N–H and O–H groups in total. The second-order valence-corrected chi connectivity index (χ2v) is 6.60. The smallest absolute Gasteiger partial charge is 0.332 e. The van der Waals surface area contributed by atoms with Crippen LogP contribution in [0.2, 0.25) is 0 Å². The minimum absolute atomic E-state index is 0.0319. The Morgan fingerprint density at radius 3 is 2.82 bits per heavy atom. The third-order valence-corrected chi connectivity index (χ3v) is 4.90. The van der Waals surface area contributed by atoms with Crippen LogP contribution in [0.15, 0.2) is 29.1 Å². The molecule has 10 heteroatoms. The van der Waals surface area contributed by atoms with Crippen LogP contribution in [0.3, 0.4) is 0 Å². The van der Waals surface area contributed by atoms with Crippen molar-refractivity contribution in [1.29, 1.82) is 0 Å². The Labute approximate surface area is 160 Å². The Hall–Kier alpha value is -3.40. The monoisotopic (exact) mass is 383 g/mol. The van der Waals surface area contributed by atoms with Gasteiger partial charge < -0.3 is 20.4 Å². The molecule has 1 aromatic carbocycles. The summed E-state index contributed by atoms with van der Waals surface area (Å²) >= 11 is 0. The minimum atomic E-state index is -0.741. The first kappa shape index (κ1) is 18.0. The first-order valence-corrected chi connectivity index (χ1v) is 8.93. The number of fused-ring (bicyclic) bond motifs is 1. The van der Waals surface area contributed by atoms with E-state index in [4.69, 9.17) is 10.5 Å². The number of H-pyrrole nitrogens is 1. The van der Waals surface area contributed by atoms with Crippen LogP contribution in [-0.2, 0) is 0 Å². The van der Waals surface area contributed by atoms with Crippen molar-refractivity contribution in [2.45, 2.75) is 19.0 Å². The van der Waals surface area contributed by atoms with E-state index in [0.29, 0.717) is 17.4 Å². The van der Waals surface area contributed by atoms with Gasteiger partial charge >= 0.3 is 5.69 Å². The molecule has 146 valence electrons. The third kappa shape index (κ3) is 2.87. The van der Waals surface area contributed by atoms with Gasteiger partial charge in [-0.2, -0.15) is 4.98 Å². The van der Waals surface area contributed by atoms with Gasteiger partial charge in [0, 0.05) is 7.05 Å². The Morgan fingerprint density at radius 2 is 2.14 bits per heavy atom. The molecule has 0 unspecified atom stereocenters. The van der Waals surface area contributed by atoms with E-state index >= 15 is 0 Å². The summed E-state index contributed by atoms with van der Waals surface area (Å²) in [6, 6.07) is 7.07. The van der Waals surface area contributed by atoms with Crippen LogP contribution in [-0.4, -0.2) is 52.3 Å². The van der Waals surface area contributed by atoms with Gasteiger partial charge in [0.05, 0.1) is 19.0 Å². The second kappa shape index (κ2) is 6.97. The summed E-state index contributed by atoms with van der Waals surface area (Å²) in [6.45, 7) is 0.899. The number of carbonyl (C=O) groups is 1. The number of nitrogens with two attached hydrogens (primary N) is 1. The van der Waals surface area contributed by atoms with Gasteiger partial charge in [-0.25, -0.2) is 14.3 Å². The van der Waals surface area contributed by atoms with Gasteiger partial charge in [-0.05, 0) is 31.5 Å². The molecule has 1 saturated heterocycles. The molecule has 10 nitrogen and oxygen atoms in total. The minimum Gasteiger partial charge on any atom is -0.495 e. The molecule has 0 aliphatic carbocycles. The summed E-state index contributed by atoms with van der Waals surface area (Å²) in [5.41, 5.74) is 6.00. The highest BCUT2D eigenvalue weighted by molar-refractivity contribution is 6.02. The quantitative estimate of drug-likeness (QED) is 0.580. The number of hydrogen-bond donors (Lipinski definition) is 3. The lowest BCUT2D eigenvalue weighted by atomic mass is 10.3. The highest BCUT2D eigenvalue weighted by Crippen LogP contribution is 2.26. The molecule has 3 heterocycles. The average molecular weight is 383 g/mol. The maximum Gasteiger partial charge on any atom is 0.332 e. The molecule has 1 aliphatic heterocycles. The standard InChI is InChI=1S/C18H21N7O3/c1-24(12-8-5-9-20-12)17-21-13(15(19)26)14-16(23-17)25(18(27)22-14)10-6-3-4-7-11(10)28-2/h3-4,6-7,12,20H,5,8-9H2,1-2H3,(H2,19,26)(H,22,27)/t12-/m1/s1. The number of nitrogens with one attached hydrogen (secondary N) is 2. The molecule has 4 rings (SSSR count). The molecule has 3 aromatic rings. The number of benzene rings is 1. The Kier molecular flexibility index (Phi) is 4.47. The van der Waals surface area contributed by atoms with Crippen LogP contribution >= 0.6 is 0 Å². The lowest BCUT2D eigenvalue weighted by Gasteiger charge is -2.24. The van der Waals surface area contributed by atoms with Gasteiger partial charge in [0.15, 0.2) is 11.3 Å². The zero-order valence-corrected chi connectivity index (χ0v) is 15.6. The number of rotatable bonds is 5. The van der Waals surface area contributed by atoms with E-state index in [1.54, 1.807) is 24.3 Å². The van der Waals surface area contributed by atoms with Crippen molar-refractivity contribution in [1.82, 2.24) is 24.8 Å². The molecule has 28 heavy (non-hydrogen) atoms. The lowest BCUT2D eigenvalue weighted by Crippen LogP contribution is -2.40. The van der Waals surface area contributed by atoms with Gasteiger partial charge in [-0.3, -0.25) is 10.1 Å². The molecule has 1 aliphatic rings. The fourth-order valence-corrected chi connectivity index (χ4v) is 3.48. The predicted octanol–water partition coefficient (Wildman–Crippen LogP) is 0.362. The van der Waals surface area contributed by atoms with Crippen LogP contribution in [0.5, 0.6) is 5.75 Å². The maximum absolute atomic E-state index is 12.7. The number of para-hydroxylation sites is 2. The number of nitrogens with zero attached hydrogens (tertiary/aromatic N) is 4. The topological polar surface area (TPSA) is 131 Å². The fourth-order valence-electron chi connectivity index (χ4n) is 3.48. The highest BCUT2D eigenvalue weighted by atomic mass is 16.5. The van der Waals surface area contributed by atoms with Gasteiger partial charge in [0.1, 0.15) is 11.3 Å². The molecular weight excluding hydrogens is 362 g/mol. The predicted molar refractivity (Wildman–Crippen MR) is 104 cm³/mol. The molecule has 1 amide bonds. The van der Waals surface area contributed by atoms with E-state index in [1.807, 2.05) is 11.9 Å². The zero-order chi connectivity index (χ0) is 19.8. The van der Waals surface area contributed by atoms with E-state index in [1.165, 1.54) is 11.7 Å². The number of amides is 1. The Bertz CT molecular complexity index is 1100. The van der Waals surface area contributed by atoms with Crippen LogP contribution in [0, 0.1) is 0 Å². The summed E-state index contributed by atoms with van der Waals surface area (Å²) < 4.78 is 6.74. The fraction of sp³-hybridized carbons (Fsp3) is 0.333. The molecule has 2 aromatic heterocycles. The number of anilines is 1. The number of hydrogen-bond acceptors (Lipinski definition) is 7. The Balaban J connectivity index is 1.98. The summed E-state index contributed by atoms with van der Waals surface area (Å²) in [4.78, 5) is 38.2. The molecule has 0 bridgehead atoms. The van der Waals surface area contributed by atoms with E-state index < -0.39 is 11.6 Å². The summed E-state index contributed by atoms with van der Waals surface area (Å²) in [5, 5.41) is 3.35. The summed E-state index contributed by atoms with van der Waals surface area (Å²) in [5.74, 6) is 0.0651. The third-order valence-electron chi connectivity index (χ3n) is 4.90. The first-order chi connectivity index (χ1) is 13.5. The largest absolute Gasteiger partial charge is 0.495 e. The van der Waals surface area contributed by atoms with Gasteiger partial charge in [-0.1, -0.05) is 12.1 Å². The number of aromatic amines is 1. The number of aromatic nitrogens is 4. The Morgan fingerprint density at radius 1 is 1.36 bits per heavy atom. The van der Waals surface area contributed by atoms with Crippen LogP contribution in [0.1, 0.15) is 23.3 Å². The van der Waals surface area contributed by atoms with Crippen LogP contribution in [0.4, 0.5) is 5.95 Å². The maximum atomic E-state index is 12.7. The molecule has 1 fully saturated rings. The zero-order valence-electron chi connectivity index (χ0n) is 15.6. The lowest BCUT2D eigenvalue weighted by molar-refractivity contribution is 0.0997. The SMILES string of the molecule is COc1ccccc1-n1c(=O)[nH]c2c(C(N)=O)nc(N(C)[C@@H]3CCCN3)nc21. The van der Waals surface area contributed by atoms with Crippen LogP contribution < -0.4 is 26.4 Å². The van der Waals surface area contributed by atoms with Crippen molar-refractivity contribution < 1.29 is 9.53 Å². The molecule has 0 saturated carbocycles. The summed E-state index contributed by atoms with van der Waals surface area (Å²) in [6.07, 6.45) is 2.01. The van der Waals surface area contributed by atoms with E-state index in [9.17, 15) is 9.59 Å². The molecule has 1 atom stereocenters. The summed E-state index contributed by atoms with van der Waals surface area (Å²) in [7, 11) is 3.36. The first-order valence-electron chi connectivity index (χ1n) is 8.93. The van der Waals surface area contributed by atoms with Gasteiger partial charge in [0.25, 0.3) is 5.91 Å². The molecular formula is C18H21N7O3. The number of imidazole rings is 1. The molecule has 0 radical (unpaired) electrons. The van der Waals surface area contributed by atoms with E-state index in [2.05, 4.69) is 20.3 Å². The number of carbonyl (C=O) groups excluding carboxylic acids is 1. The molecule has 0 spiro atoms. The van der Waals surface area contributed by atoms with Crippen molar-refractivity contribution in [3.05, 3.63) is 40.4 Å². The van der Waals surface area contributed by atoms with Gasteiger partial charge in [0.2, 0.25) is 5.95 Å².